The van der Waals surface area contributed by atoms with Gasteiger partial charge in [0.2, 0.25) is 0 Å². The zero-order valence-electron chi connectivity index (χ0n) is 19.7. The number of hydrogen-bond acceptors (Lipinski definition) is 4. The minimum atomic E-state index is 0.451. The van der Waals surface area contributed by atoms with Gasteiger partial charge in [-0.3, -0.25) is 9.88 Å². The van der Waals surface area contributed by atoms with Gasteiger partial charge in [-0.05, 0) is 74.2 Å². The van der Waals surface area contributed by atoms with E-state index in [9.17, 15) is 0 Å². The van der Waals surface area contributed by atoms with Crippen LogP contribution in [0, 0.1) is 5.92 Å². The molecule has 5 rings (SSSR count). The zero-order chi connectivity index (χ0) is 22.6. The second-order valence-corrected chi connectivity index (χ2v) is 9.45. The van der Waals surface area contributed by atoms with Crippen LogP contribution in [0.5, 0.6) is 0 Å². The monoisotopic (exact) mass is 439 g/mol. The Kier molecular flexibility index (Phi) is 6.56. The number of benzene rings is 2. The fourth-order valence-corrected chi connectivity index (χ4v) is 5.08. The van der Waals surface area contributed by atoms with Gasteiger partial charge in [-0.1, -0.05) is 42.5 Å². The molecule has 4 aromatic rings. The quantitative estimate of drug-likeness (QED) is 0.334. The SMILES string of the molecule is CC(c1ccccc1)N(C)CC1CCN(CCc2coc3ccc(-c4cccnc4)cc23)C1. The van der Waals surface area contributed by atoms with Crippen LogP contribution in [0.3, 0.4) is 0 Å². The molecule has 1 aliphatic heterocycles. The summed E-state index contributed by atoms with van der Waals surface area (Å²) >= 11 is 0. The van der Waals surface area contributed by atoms with E-state index in [1.54, 1.807) is 0 Å². The van der Waals surface area contributed by atoms with Crippen molar-refractivity contribution in [1.29, 1.82) is 0 Å². The van der Waals surface area contributed by atoms with E-state index in [-0.39, 0.29) is 0 Å². The Morgan fingerprint density at radius 2 is 1.97 bits per heavy atom. The Morgan fingerprint density at radius 3 is 2.79 bits per heavy atom. The Morgan fingerprint density at radius 1 is 1.09 bits per heavy atom. The molecule has 1 aliphatic rings. The summed E-state index contributed by atoms with van der Waals surface area (Å²) in [6.45, 7) is 6.92. The number of pyridine rings is 1. The topological polar surface area (TPSA) is 32.5 Å². The Labute approximate surface area is 196 Å². The third-order valence-corrected chi connectivity index (χ3v) is 7.21. The van der Waals surface area contributed by atoms with E-state index in [2.05, 4.69) is 83.4 Å². The van der Waals surface area contributed by atoms with Crippen molar-refractivity contribution in [2.45, 2.75) is 25.8 Å². The van der Waals surface area contributed by atoms with Crippen LogP contribution in [0.4, 0.5) is 0 Å². The molecule has 4 heteroatoms. The maximum absolute atomic E-state index is 5.86. The Balaban J connectivity index is 1.18. The first kappa shape index (κ1) is 21.9. The van der Waals surface area contributed by atoms with Gasteiger partial charge in [0.1, 0.15) is 5.58 Å². The highest BCUT2D eigenvalue weighted by Gasteiger charge is 2.25. The van der Waals surface area contributed by atoms with Gasteiger partial charge in [-0.15, -0.1) is 0 Å². The van der Waals surface area contributed by atoms with E-state index in [0.29, 0.717) is 6.04 Å². The van der Waals surface area contributed by atoms with Crippen molar-refractivity contribution in [3.63, 3.8) is 0 Å². The summed E-state index contributed by atoms with van der Waals surface area (Å²) in [7, 11) is 2.26. The zero-order valence-corrected chi connectivity index (χ0v) is 19.7. The van der Waals surface area contributed by atoms with Gasteiger partial charge >= 0.3 is 0 Å². The molecule has 0 amide bonds. The minimum Gasteiger partial charge on any atom is -0.464 e. The third kappa shape index (κ3) is 5.02. The lowest BCUT2D eigenvalue weighted by molar-refractivity contribution is 0.216. The average Bonchev–Trinajstić information content (AvgIpc) is 3.49. The molecular weight excluding hydrogens is 406 g/mol. The third-order valence-electron chi connectivity index (χ3n) is 7.21. The van der Waals surface area contributed by atoms with Crippen LogP contribution >= 0.6 is 0 Å². The lowest BCUT2D eigenvalue weighted by Crippen LogP contribution is -2.31. The molecule has 0 radical (unpaired) electrons. The van der Waals surface area contributed by atoms with E-state index in [1.807, 2.05) is 24.7 Å². The van der Waals surface area contributed by atoms with Crippen LogP contribution in [-0.2, 0) is 6.42 Å². The molecule has 2 aromatic carbocycles. The van der Waals surface area contributed by atoms with Gasteiger partial charge in [0.05, 0.1) is 6.26 Å². The fourth-order valence-electron chi connectivity index (χ4n) is 5.08. The van der Waals surface area contributed by atoms with E-state index < -0.39 is 0 Å². The van der Waals surface area contributed by atoms with Crippen molar-refractivity contribution in [2.24, 2.45) is 5.92 Å². The standard InChI is InChI=1S/C29H33N3O/c1-22(24-7-4-3-5-8-24)31(2)19-23-12-15-32(20-23)16-13-27-21-33-29-11-10-25(17-28(27)29)26-9-6-14-30-18-26/h3-11,14,17-18,21-23H,12-13,15-16,19-20H2,1-2H3. The van der Waals surface area contributed by atoms with Gasteiger partial charge in [0.15, 0.2) is 0 Å². The number of rotatable bonds is 8. The predicted molar refractivity (Wildman–Crippen MR) is 135 cm³/mol. The highest BCUT2D eigenvalue weighted by Crippen LogP contribution is 2.29. The first-order valence-electron chi connectivity index (χ1n) is 12.1. The van der Waals surface area contributed by atoms with Crippen molar-refractivity contribution in [1.82, 2.24) is 14.8 Å². The van der Waals surface area contributed by atoms with E-state index in [0.717, 1.165) is 36.6 Å². The van der Waals surface area contributed by atoms with Gasteiger partial charge in [-0.2, -0.15) is 0 Å². The number of aromatic nitrogens is 1. The van der Waals surface area contributed by atoms with Crippen molar-refractivity contribution in [2.75, 3.05) is 33.2 Å². The fraction of sp³-hybridized carbons (Fsp3) is 0.345. The smallest absolute Gasteiger partial charge is 0.134 e. The normalized spacial score (nSPS) is 17.7. The highest BCUT2D eigenvalue weighted by molar-refractivity contribution is 5.86. The largest absolute Gasteiger partial charge is 0.464 e. The van der Waals surface area contributed by atoms with Crippen LogP contribution in [0.1, 0.15) is 30.5 Å². The summed E-state index contributed by atoms with van der Waals surface area (Å²) in [5.41, 5.74) is 5.99. The second-order valence-electron chi connectivity index (χ2n) is 9.45. The van der Waals surface area contributed by atoms with E-state index in [1.165, 1.54) is 41.6 Å². The second kappa shape index (κ2) is 9.90. The number of hydrogen-bond donors (Lipinski definition) is 0. The molecule has 3 heterocycles. The van der Waals surface area contributed by atoms with E-state index >= 15 is 0 Å². The molecule has 0 aliphatic carbocycles. The number of fused-ring (bicyclic) bond motifs is 1. The van der Waals surface area contributed by atoms with Crippen LogP contribution < -0.4 is 0 Å². The van der Waals surface area contributed by atoms with Crippen LogP contribution in [-0.4, -0.2) is 48.0 Å². The van der Waals surface area contributed by atoms with Crippen molar-refractivity contribution in [3.05, 3.63) is 90.4 Å². The van der Waals surface area contributed by atoms with Gasteiger partial charge < -0.3 is 9.32 Å². The summed E-state index contributed by atoms with van der Waals surface area (Å²) in [5.74, 6) is 0.736. The van der Waals surface area contributed by atoms with Crippen molar-refractivity contribution >= 4 is 11.0 Å². The van der Waals surface area contributed by atoms with E-state index in [4.69, 9.17) is 4.42 Å². The first-order chi connectivity index (χ1) is 16.2. The molecule has 0 saturated carbocycles. The molecule has 1 fully saturated rings. The van der Waals surface area contributed by atoms with Gasteiger partial charge in [0.25, 0.3) is 0 Å². The Hall–Kier alpha value is -2.95. The predicted octanol–water partition coefficient (Wildman–Crippen LogP) is 6.05. The molecule has 33 heavy (non-hydrogen) atoms. The molecule has 1 saturated heterocycles. The molecular formula is C29H33N3O. The number of nitrogens with zero attached hydrogens (tertiary/aromatic N) is 3. The number of likely N-dealkylation sites (tertiary alicyclic amines) is 1. The first-order valence-corrected chi connectivity index (χ1v) is 12.1. The molecule has 2 aromatic heterocycles. The molecule has 2 unspecified atom stereocenters. The minimum absolute atomic E-state index is 0.451. The van der Waals surface area contributed by atoms with Crippen molar-refractivity contribution < 1.29 is 4.42 Å². The molecule has 0 spiro atoms. The highest BCUT2D eigenvalue weighted by atomic mass is 16.3. The summed E-state index contributed by atoms with van der Waals surface area (Å²) in [6, 6.07) is 21.8. The summed E-state index contributed by atoms with van der Waals surface area (Å²) in [6.07, 6.45) is 7.98. The summed E-state index contributed by atoms with van der Waals surface area (Å²) < 4.78 is 5.86. The van der Waals surface area contributed by atoms with Gasteiger partial charge in [-0.25, -0.2) is 0 Å². The number of furan rings is 1. The van der Waals surface area contributed by atoms with Crippen LogP contribution in [0.25, 0.3) is 22.1 Å². The molecule has 170 valence electrons. The maximum Gasteiger partial charge on any atom is 0.134 e. The lowest BCUT2D eigenvalue weighted by Gasteiger charge is -2.28. The van der Waals surface area contributed by atoms with Gasteiger partial charge in [0, 0.05) is 49.0 Å². The maximum atomic E-state index is 5.86. The molecule has 0 N–H and O–H groups in total. The molecule has 2 atom stereocenters. The van der Waals surface area contributed by atoms with Crippen LogP contribution in [0.2, 0.25) is 0 Å². The van der Waals surface area contributed by atoms with Crippen molar-refractivity contribution in [3.8, 4) is 11.1 Å². The molecule has 4 nitrogen and oxygen atoms in total. The van der Waals surface area contributed by atoms with Crippen LogP contribution in [0.15, 0.2) is 83.7 Å². The molecule has 0 bridgehead atoms. The lowest BCUT2D eigenvalue weighted by atomic mass is 10.0. The summed E-state index contributed by atoms with van der Waals surface area (Å²) in [5, 5.41) is 1.23. The summed E-state index contributed by atoms with van der Waals surface area (Å²) in [4.78, 5) is 9.39. The average molecular weight is 440 g/mol. The Bertz CT molecular complexity index is 1170.